The van der Waals surface area contributed by atoms with Crippen LogP contribution in [0, 0.1) is 0 Å². The first-order chi connectivity index (χ1) is 13.2. The second-order valence-electron chi connectivity index (χ2n) is 7.22. The molecule has 1 fully saturated rings. The van der Waals surface area contributed by atoms with Gasteiger partial charge in [0.05, 0.1) is 18.0 Å². The molecule has 3 heterocycles. The Kier molecular flexibility index (Phi) is 6.92. The maximum absolute atomic E-state index is 5.69. The summed E-state index contributed by atoms with van der Waals surface area (Å²) in [4.78, 5) is 7.12. The molecule has 148 valence electrons. The van der Waals surface area contributed by atoms with Crippen molar-refractivity contribution < 1.29 is 8.94 Å². The molecular weight excluding hydrogens is 342 g/mol. The van der Waals surface area contributed by atoms with Gasteiger partial charge in [-0.2, -0.15) is 0 Å². The minimum absolute atomic E-state index is 0.212. The molecule has 0 amide bonds. The van der Waals surface area contributed by atoms with Crippen molar-refractivity contribution >= 4 is 5.96 Å². The van der Waals surface area contributed by atoms with Crippen LogP contribution >= 0.6 is 0 Å². The van der Waals surface area contributed by atoms with Gasteiger partial charge in [0.2, 0.25) is 0 Å². The molecule has 0 aliphatic carbocycles. The largest absolute Gasteiger partial charge is 0.468 e. The van der Waals surface area contributed by atoms with Crippen LogP contribution in [0.15, 0.2) is 38.4 Å². The van der Waals surface area contributed by atoms with Gasteiger partial charge in [0.15, 0.2) is 11.7 Å². The van der Waals surface area contributed by atoms with Crippen molar-refractivity contribution in [3.63, 3.8) is 0 Å². The smallest absolute Gasteiger partial charge is 0.191 e. The molecule has 2 aromatic rings. The summed E-state index contributed by atoms with van der Waals surface area (Å²) in [7, 11) is 0. The quantitative estimate of drug-likeness (QED) is 0.546. The van der Waals surface area contributed by atoms with Crippen LogP contribution in [-0.4, -0.2) is 42.2 Å². The normalized spacial score (nSPS) is 16.8. The summed E-state index contributed by atoms with van der Waals surface area (Å²) in [6, 6.07) is 6.20. The van der Waals surface area contributed by atoms with Gasteiger partial charge >= 0.3 is 0 Å². The van der Waals surface area contributed by atoms with E-state index in [0.717, 1.165) is 49.4 Å². The van der Waals surface area contributed by atoms with E-state index in [4.69, 9.17) is 8.94 Å². The van der Waals surface area contributed by atoms with Gasteiger partial charge in [-0.1, -0.05) is 19.0 Å². The number of guanidine groups is 1. The first kappa shape index (κ1) is 19.5. The maximum Gasteiger partial charge on any atom is 0.191 e. The van der Waals surface area contributed by atoms with Crippen molar-refractivity contribution in [1.29, 1.82) is 0 Å². The number of nitrogens with zero attached hydrogens (tertiary/aromatic N) is 3. The van der Waals surface area contributed by atoms with Gasteiger partial charge in [-0.05, 0) is 50.9 Å². The van der Waals surface area contributed by atoms with Gasteiger partial charge in [0.1, 0.15) is 12.3 Å². The lowest BCUT2D eigenvalue weighted by Crippen LogP contribution is -2.42. The maximum atomic E-state index is 5.69. The van der Waals surface area contributed by atoms with E-state index in [1.165, 1.54) is 12.8 Å². The van der Waals surface area contributed by atoms with E-state index in [9.17, 15) is 0 Å². The molecule has 1 atom stereocenters. The van der Waals surface area contributed by atoms with Crippen molar-refractivity contribution in [2.45, 2.75) is 52.1 Å². The molecule has 1 saturated heterocycles. The van der Waals surface area contributed by atoms with Gasteiger partial charge in [0.25, 0.3) is 0 Å². The van der Waals surface area contributed by atoms with E-state index in [1.54, 1.807) is 6.26 Å². The molecule has 1 aliphatic heterocycles. The molecule has 0 saturated carbocycles. The highest BCUT2D eigenvalue weighted by molar-refractivity contribution is 5.79. The highest BCUT2D eigenvalue weighted by Gasteiger charge is 2.25. The molecule has 1 unspecified atom stereocenters. The summed E-state index contributed by atoms with van der Waals surface area (Å²) in [6.45, 7) is 10.5. The van der Waals surface area contributed by atoms with Gasteiger partial charge in [-0.15, -0.1) is 0 Å². The summed E-state index contributed by atoms with van der Waals surface area (Å²) in [5.74, 6) is 2.90. The zero-order valence-electron chi connectivity index (χ0n) is 16.6. The van der Waals surface area contributed by atoms with Gasteiger partial charge in [0, 0.05) is 19.2 Å². The van der Waals surface area contributed by atoms with Gasteiger partial charge in [-0.25, -0.2) is 4.99 Å². The zero-order valence-corrected chi connectivity index (χ0v) is 16.6. The molecule has 0 radical (unpaired) electrons. The Bertz CT molecular complexity index is 702. The van der Waals surface area contributed by atoms with Crippen LogP contribution in [0.5, 0.6) is 0 Å². The summed E-state index contributed by atoms with van der Waals surface area (Å²) in [6.07, 6.45) is 4.23. The molecule has 2 aromatic heterocycles. The van der Waals surface area contributed by atoms with E-state index in [2.05, 4.69) is 52.5 Å². The topological polar surface area (TPSA) is 78.8 Å². The van der Waals surface area contributed by atoms with Crippen LogP contribution in [0.1, 0.15) is 62.8 Å². The second kappa shape index (κ2) is 9.60. The summed E-state index contributed by atoms with van der Waals surface area (Å²) < 4.78 is 11.1. The monoisotopic (exact) mass is 373 g/mol. The number of likely N-dealkylation sites (tertiary alicyclic amines) is 1. The molecule has 7 heteroatoms. The lowest BCUT2D eigenvalue weighted by molar-refractivity contribution is 0.215. The predicted molar refractivity (Wildman–Crippen MR) is 106 cm³/mol. The number of hydrogen-bond donors (Lipinski definition) is 2. The van der Waals surface area contributed by atoms with E-state index in [1.807, 2.05) is 12.1 Å². The van der Waals surface area contributed by atoms with E-state index >= 15 is 0 Å². The van der Waals surface area contributed by atoms with Crippen molar-refractivity contribution in [3.05, 3.63) is 41.7 Å². The van der Waals surface area contributed by atoms with Crippen LogP contribution < -0.4 is 10.6 Å². The number of rotatable bonds is 8. The fraction of sp³-hybridized carbons (Fsp3) is 0.600. The van der Waals surface area contributed by atoms with Crippen molar-refractivity contribution in [2.75, 3.05) is 26.2 Å². The summed E-state index contributed by atoms with van der Waals surface area (Å²) in [5, 5.41) is 10.9. The first-order valence-electron chi connectivity index (χ1n) is 9.92. The zero-order chi connectivity index (χ0) is 19.1. The third kappa shape index (κ3) is 5.35. The molecule has 0 bridgehead atoms. The SMILES string of the molecule is CCNC(=NCc1cc(C(C)C)no1)NCC(c1ccco1)N1CCCC1. The average molecular weight is 374 g/mol. The van der Waals surface area contributed by atoms with Crippen LogP contribution in [0.3, 0.4) is 0 Å². The molecule has 7 nitrogen and oxygen atoms in total. The number of aliphatic imine (C=N–C) groups is 1. The number of hydrogen-bond acceptors (Lipinski definition) is 5. The average Bonchev–Trinajstić information content (AvgIpc) is 3.42. The highest BCUT2D eigenvalue weighted by atomic mass is 16.5. The van der Waals surface area contributed by atoms with E-state index in [0.29, 0.717) is 12.5 Å². The molecular formula is C20H31N5O2. The van der Waals surface area contributed by atoms with Crippen LogP contribution in [0.25, 0.3) is 0 Å². The third-order valence-corrected chi connectivity index (χ3v) is 4.82. The Labute approximate surface area is 161 Å². The van der Waals surface area contributed by atoms with Gasteiger partial charge in [-0.3, -0.25) is 4.90 Å². The molecule has 2 N–H and O–H groups in total. The Hall–Kier alpha value is -2.28. The first-order valence-corrected chi connectivity index (χ1v) is 9.92. The minimum Gasteiger partial charge on any atom is -0.468 e. The van der Waals surface area contributed by atoms with E-state index < -0.39 is 0 Å². The molecule has 1 aliphatic rings. The molecule has 3 rings (SSSR count). The predicted octanol–water partition coefficient (Wildman–Crippen LogP) is 3.28. The van der Waals surface area contributed by atoms with Gasteiger partial charge < -0.3 is 19.6 Å². The summed E-state index contributed by atoms with van der Waals surface area (Å²) in [5.41, 5.74) is 0.963. The van der Waals surface area contributed by atoms with Crippen LogP contribution in [0.2, 0.25) is 0 Å². The Morgan fingerprint density at radius 3 is 2.74 bits per heavy atom. The van der Waals surface area contributed by atoms with Crippen LogP contribution in [0.4, 0.5) is 0 Å². The third-order valence-electron chi connectivity index (χ3n) is 4.82. The lowest BCUT2D eigenvalue weighted by Gasteiger charge is -2.26. The Morgan fingerprint density at radius 2 is 2.11 bits per heavy atom. The fourth-order valence-corrected chi connectivity index (χ4v) is 3.31. The fourth-order valence-electron chi connectivity index (χ4n) is 3.31. The minimum atomic E-state index is 0.212. The second-order valence-corrected chi connectivity index (χ2v) is 7.22. The Balaban J connectivity index is 1.63. The molecule has 0 spiro atoms. The lowest BCUT2D eigenvalue weighted by atomic mass is 10.1. The van der Waals surface area contributed by atoms with Crippen molar-refractivity contribution in [1.82, 2.24) is 20.7 Å². The molecule has 27 heavy (non-hydrogen) atoms. The van der Waals surface area contributed by atoms with Crippen molar-refractivity contribution in [3.8, 4) is 0 Å². The number of furan rings is 1. The van der Waals surface area contributed by atoms with E-state index in [-0.39, 0.29) is 6.04 Å². The van der Waals surface area contributed by atoms with Crippen LogP contribution in [-0.2, 0) is 6.54 Å². The summed E-state index contributed by atoms with van der Waals surface area (Å²) >= 11 is 0. The molecule has 0 aromatic carbocycles. The number of aromatic nitrogens is 1. The van der Waals surface area contributed by atoms with Crippen molar-refractivity contribution in [2.24, 2.45) is 4.99 Å². The highest BCUT2D eigenvalue weighted by Crippen LogP contribution is 2.24. The standard InChI is InChI=1S/C20H31N5O2/c1-4-21-20(22-13-16-12-17(15(2)3)24-27-16)23-14-18(19-8-7-11-26-19)25-9-5-6-10-25/h7-8,11-12,15,18H,4-6,9-10,13-14H2,1-3H3,(H2,21,22,23). The number of nitrogens with one attached hydrogen (secondary N) is 2. The Morgan fingerprint density at radius 1 is 1.30 bits per heavy atom.